The van der Waals surface area contributed by atoms with E-state index in [2.05, 4.69) is 22.4 Å². The van der Waals surface area contributed by atoms with Gasteiger partial charge in [0, 0.05) is 12.1 Å². The molecule has 2 aromatic rings. The number of aryl methyl sites for hydroxylation is 1. The molecule has 4 heteroatoms. The lowest BCUT2D eigenvalue weighted by Crippen LogP contribution is -2.05. The van der Waals surface area contributed by atoms with Crippen molar-refractivity contribution in [2.24, 2.45) is 5.73 Å². The first-order chi connectivity index (χ1) is 7.92. The smallest absolute Gasteiger partial charge is 0.0885 e. The van der Waals surface area contributed by atoms with Gasteiger partial charge >= 0.3 is 0 Å². The second kappa shape index (κ2) is 5.42. The van der Waals surface area contributed by atoms with Crippen molar-refractivity contribution in [3.63, 3.8) is 0 Å². The van der Waals surface area contributed by atoms with Gasteiger partial charge in [-0.05, 0) is 19.4 Å². The van der Waals surface area contributed by atoms with Crippen LogP contribution >= 0.6 is 0 Å². The third kappa shape index (κ3) is 2.46. The highest BCUT2D eigenvalue weighted by atomic mass is 15.4. The summed E-state index contributed by atoms with van der Waals surface area (Å²) in [6, 6.07) is 10.2. The molecule has 0 amide bonds. The van der Waals surface area contributed by atoms with Gasteiger partial charge in [0.25, 0.3) is 0 Å². The summed E-state index contributed by atoms with van der Waals surface area (Å²) in [5.41, 5.74) is 7.69. The molecular formula is C12H16N4. The molecule has 0 aliphatic heterocycles. The average Bonchev–Trinajstić information content (AvgIpc) is 2.79. The summed E-state index contributed by atoms with van der Waals surface area (Å²) in [5, 5.41) is 8.05. The Morgan fingerprint density at radius 2 is 1.94 bits per heavy atom. The normalized spacial score (nSPS) is 10.6. The van der Waals surface area contributed by atoms with Crippen molar-refractivity contribution in [3.05, 3.63) is 36.5 Å². The molecular weight excluding hydrogens is 200 g/mol. The van der Waals surface area contributed by atoms with Gasteiger partial charge in [-0.25, -0.2) is 4.68 Å². The lowest BCUT2D eigenvalue weighted by Gasteiger charge is -2.05. The fraction of sp³-hybridized carbons (Fsp3) is 0.333. The van der Waals surface area contributed by atoms with E-state index >= 15 is 0 Å². The Hall–Kier alpha value is -1.68. The molecule has 2 N–H and O–H groups in total. The largest absolute Gasteiger partial charge is 0.330 e. The lowest BCUT2D eigenvalue weighted by molar-refractivity contribution is 0.549. The summed E-state index contributed by atoms with van der Waals surface area (Å²) in [4.78, 5) is 0. The van der Waals surface area contributed by atoms with E-state index in [1.54, 1.807) is 6.20 Å². The van der Waals surface area contributed by atoms with E-state index in [0.29, 0.717) is 0 Å². The molecule has 1 heterocycles. The molecule has 0 atom stereocenters. The van der Waals surface area contributed by atoms with Crippen LogP contribution < -0.4 is 5.73 Å². The third-order valence-electron chi connectivity index (χ3n) is 2.51. The van der Waals surface area contributed by atoms with Crippen molar-refractivity contribution in [1.82, 2.24) is 15.0 Å². The van der Waals surface area contributed by atoms with E-state index in [1.807, 2.05) is 22.9 Å². The molecule has 2 rings (SSSR count). The van der Waals surface area contributed by atoms with Gasteiger partial charge in [-0.15, -0.1) is 5.10 Å². The number of nitrogens with zero attached hydrogens (tertiary/aromatic N) is 3. The van der Waals surface area contributed by atoms with E-state index in [-0.39, 0.29) is 0 Å². The van der Waals surface area contributed by atoms with Crippen molar-refractivity contribution in [2.45, 2.75) is 19.4 Å². The zero-order valence-electron chi connectivity index (χ0n) is 9.21. The topological polar surface area (TPSA) is 56.7 Å². The van der Waals surface area contributed by atoms with Gasteiger partial charge in [0.05, 0.1) is 11.9 Å². The van der Waals surface area contributed by atoms with Crippen LogP contribution in [0.5, 0.6) is 0 Å². The molecule has 0 bridgehead atoms. The highest BCUT2D eigenvalue weighted by molar-refractivity contribution is 5.57. The van der Waals surface area contributed by atoms with Crippen molar-refractivity contribution >= 4 is 0 Å². The number of hydrogen-bond donors (Lipinski definition) is 1. The molecule has 0 fully saturated rings. The first kappa shape index (κ1) is 10.8. The summed E-state index contributed by atoms with van der Waals surface area (Å²) >= 11 is 0. The Labute approximate surface area is 95.1 Å². The fourth-order valence-electron chi connectivity index (χ4n) is 1.66. The zero-order chi connectivity index (χ0) is 11.2. The highest BCUT2D eigenvalue weighted by Crippen LogP contribution is 2.17. The number of aromatic nitrogens is 3. The Kier molecular flexibility index (Phi) is 3.66. The molecule has 0 aliphatic rings. The van der Waals surface area contributed by atoms with Crippen LogP contribution in [0.15, 0.2) is 36.5 Å². The first-order valence-electron chi connectivity index (χ1n) is 5.56. The maximum Gasteiger partial charge on any atom is 0.0885 e. The Morgan fingerprint density at radius 1 is 1.12 bits per heavy atom. The zero-order valence-corrected chi connectivity index (χ0v) is 9.21. The second-order valence-corrected chi connectivity index (χ2v) is 3.70. The summed E-state index contributed by atoms with van der Waals surface area (Å²) in [7, 11) is 0. The molecule has 16 heavy (non-hydrogen) atoms. The summed E-state index contributed by atoms with van der Waals surface area (Å²) in [6.45, 7) is 1.61. The number of benzene rings is 1. The van der Waals surface area contributed by atoms with Crippen LogP contribution in [0.3, 0.4) is 0 Å². The minimum absolute atomic E-state index is 0.732. The Bertz CT molecular complexity index is 422. The minimum Gasteiger partial charge on any atom is -0.330 e. The van der Waals surface area contributed by atoms with E-state index < -0.39 is 0 Å². The maximum atomic E-state index is 5.47. The number of hydrogen-bond acceptors (Lipinski definition) is 3. The standard InChI is InChI=1S/C12H16N4/c13-8-4-5-9-16-12(10-14-15-16)11-6-2-1-3-7-11/h1-3,6-7,10H,4-5,8-9,13H2. The van der Waals surface area contributed by atoms with Gasteiger partial charge in [-0.3, -0.25) is 0 Å². The van der Waals surface area contributed by atoms with Crippen LogP contribution in [0.1, 0.15) is 12.8 Å². The number of nitrogens with two attached hydrogens (primary N) is 1. The third-order valence-corrected chi connectivity index (χ3v) is 2.51. The van der Waals surface area contributed by atoms with Crippen molar-refractivity contribution in [3.8, 4) is 11.3 Å². The molecule has 1 aromatic carbocycles. The van der Waals surface area contributed by atoms with Crippen LogP contribution in [0.25, 0.3) is 11.3 Å². The minimum atomic E-state index is 0.732. The fourth-order valence-corrected chi connectivity index (χ4v) is 1.66. The summed E-state index contributed by atoms with van der Waals surface area (Å²) in [5.74, 6) is 0. The van der Waals surface area contributed by atoms with Gasteiger partial charge in [-0.2, -0.15) is 0 Å². The molecule has 1 aromatic heterocycles. The van der Waals surface area contributed by atoms with E-state index in [0.717, 1.165) is 37.2 Å². The molecule has 84 valence electrons. The average molecular weight is 216 g/mol. The lowest BCUT2D eigenvalue weighted by atomic mass is 10.2. The molecule has 0 radical (unpaired) electrons. The predicted molar refractivity (Wildman–Crippen MR) is 63.7 cm³/mol. The molecule has 0 unspecified atom stereocenters. The van der Waals surface area contributed by atoms with Crippen LogP contribution in [0.4, 0.5) is 0 Å². The number of rotatable bonds is 5. The summed E-state index contributed by atoms with van der Waals surface area (Å²) in [6.07, 6.45) is 3.87. The van der Waals surface area contributed by atoms with E-state index in [1.165, 1.54) is 0 Å². The van der Waals surface area contributed by atoms with E-state index in [9.17, 15) is 0 Å². The summed E-state index contributed by atoms with van der Waals surface area (Å²) < 4.78 is 1.94. The van der Waals surface area contributed by atoms with Crippen molar-refractivity contribution in [2.75, 3.05) is 6.54 Å². The van der Waals surface area contributed by atoms with Crippen LogP contribution in [-0.4, -0.2) is 21.5 Å². The van der Waals surface area contributed by atoms with Gasteiger partial charge in [-0.1, -0.05) is 35.5 Å². The monoisotopic (exact) mass is 216 g/mol. The van der Waals surface area contributed by atoms with Gasteiger partial charge < -0.3 is 5.73 Å². The van der Waals surface area contributed by atoms with Gasteiger partial charge in [0.2, 0.25) is 0 Å². The molecule has 0 aliphatic carbocycles. The maximum absolute atomic E-state index is 5.47. The van der Waals surface area contributed by atoms with Crippen LogP contribution in [-0.2, 0) is 6.54 Å². The van der Waals surface area contributed by atoms with Crippen molar-refractivity contribution in [1.29, 1.82) is 0 Å². The Morgan fingerprint density at radius 3 is 2.69 bits per heavy atom. The first-order valence-corrected chi connectivity index (χ1v) is 5.56. The van der Waals surface area contributed by atoms with Gasteiger partial charge in [0.1, 0.15) is 0 Å². The quantitative estimate of drug-likeness (QED) is 0.774. The number of unbranched alkanes of at least 4 members (excludes halogenated alkanes) is 1. The second-order valence-electron chi connectivity index (χ2n) is 3.70. The van der Waals surface area contributed by atoms with Crippen LogP contribution in [0, 0.1) is 0 Å². The van der Waals surface area contributed by atoms with Crippen molar-refractivity contribution < 1.29 is 0 Å². The van der Waals surface area contributed by atoms with Gasteiger partial charge in [0.15, 0.2) is 0 Å². The molecule has 0 spiro atoms. The van der Waals surface area contributed by atoms with Crippen LogP contribution in [0.2, 0.25) is 0 Å². The molecule has 4 nitrogen and oxygen atoms in total. The molecule has 0 saturated carbocycles. The predicted octanol–water partition coefficient (Wildman–Crippen LogP) is 1.68. The SMILES string of the molecule is NCCCCn1nncc1-c1ccccc1. The Balaban J connectivity index is 2.13. The molecule has 0 saturated heterocycles. The highest BCUT2D eigenvalue weighted by Gasteiger charge is 2.05. The van der Waals surface area contributed by atoms with E-state index in [4.69, 9.17) is 5.73 Å².